The van der Waals surface area contributed by atoms with Gasteiger partial charge in [-0.2, -0.15) is 0 Å². The van der Waals surface area contributed by atoms with Gasteiger partial charge in [0.25, 0.3) is 0 Å². The van der Waals surface area contributed by atoms with Gasteiger partial charge in [0.1, 0.15) is 0 Å². The molecule has 1 nitrogen and oxygen atoms in total. The Labute approximate surface area is 153 Å². The molecular weight excluding hydrogens is 320 g/mol. The minimum absolute atomic E-state index is 0.276. The number of aryl methyl sites for hydroxylation is 2. The second-order valence-electron chi connectivity index (χ2n) is 6.83. The summed E-state index contributed by atoms with van der Waals surface area (Å²) in [4.78, 5) is 0. The summed E-state index contributed by atoms with van der Waals surface area (Å²) in [5.74, 6) is 0. The average Bonchev–Trinajstić information content (AvgIpc) is 2.61. The third kappa shape index (κ3) is 3.92. The number of rotatable bonds is 5. The molecular formula is C23H26OSi. The third-order valence-electron chi connectivity index (χ3n) is 4.57. The van der Waals surface area contributed by atoms with Gasteiger partial charge in [-0.25, -0.2) is 0 Å². The Morgan fingerprint density at radius 2 is 1.24 bits per heavy atom. The second kappa shape index (κ2) is 7.81. The van der Waals surface area contributed by atoms with E-state index < -0.39 is 9.76 Å². The molecule has 0 saturated heterocycles. The first-order valence-electron chi connectivity index (χ1n) is 8.93. The van der Waals surface area contributed by atoms with Crippen molar-refractivity contribution >= 4 is 14.9 Å². The van der Waals surface area contributed by atoms with E-state index in [1.165, 1.54) is 38.6 Å². The molecule has 0 heterocycles. The van der Waals surface area contributed by atoms with E-state index >= 15 is 0 Å². The van der Waals surface area contributed by atoms with E-state index in [9.17, 15) is 0 Å². The number of hydrogen-bond donors (Lipinski definition) is 0. The van der Waals surface area contributed by atoms with Crippen molar-refractivity contribution in [2.24, 2.45) is 0 Å². The van der Waals surface area contributed by atoms with Crippen LogP contribution in [0.25, 0.3) is 22.3 Å². The molecule has 3 aromatic carbocycles. The van der Waals surface area contributed by atoms with Gasteiger partial charge in [0.15, 0.2) is 9.76 Å². The molecule has 0 fully saturated rings. The molecule has 0 bridgehead atoms. The normalized spacial score (nSPS) is 11.6. The Kier molecular flexibility index (Phi) is 5.52. The lowest BCUT2D eigenvalue weighted by Gasteiger charge is -2.19. The fraction of sp³-hybridized carbons (Fsp3) is 0.217. The van der Waals surface area contributed by atoms with Crippen LogP contribution in [0.5, 0.6) is 0 Å². The zero-order chi connectivity index (χ0) is 17.8. The van der Waals surface area contributed by atoms with Crippen LogP contribution in [0.2, 0.25) is 0 Å². The average molecular weight is 347 g/mol. The van der Waals surface area contributed by atoms with Crippen LogP contribution in [0.15, 0.2) is 66.7 Å². The molecule has 0 aliphatic heterocycles. The molecule has 0 amide bonds. The van der Waals surface area contributed by atoms with Gasteiger partial charge < -0.3 is 4.43 Å². The molecule has 3 rings (SSSR count). The van der Waals surface area contributed by atoms with Crippen LogP contribution in [0, 0.1) is 13.8 Å². The summed E-state index contributed by atoms with van der Waals surface area (Å²) in [5.41, 5.74) is 7.90. The van der Waals surface area contributed by atoms with Crippen molar-refractivity contribution in [3.05, 3.63) is 77.9 Å². The molecule has 0 spiro atoms. The highest BCUT2D eigenvalue weighted by Gasteiger charge is 2.15. The zero-order valence-electron chi connectivity index (χ0n) is 15.5. The SMILES string of the molecule is Cc1ccccc1-c1cccc([SiH2]OC(C)C)c1-c1ccccc1C. The summed E-state index contributed by atoms with van der Waals surface area (Å²) in [6.45, 7) is 8.61. The van der Waals surface area contributed by atoms with E-state index in [1.54, 1.807) is 0 Å². The van der Waals surface area contributed by atoms with E-state index in [4.69, 9.17) is 4.43 Å². The van der Waals surface area contributed by atoms with E-state index in [-0.39, 0.29) is 6.10 Å². The summed E-state index contributed by atoms with van der Waals surface area (Å²) >= 11 is 0. The Morgan fingerprint density at radius 3 is 1.84 bits per heavy atom. The maximum Gasteiger partial charge on any atom is 0.193 e. The van der Waals surface area contributed by atoms with Crippen LogP contribution in [0.1, 0.15) is 25.0 Å². The minimum Gasteiger partial charge on any atom is -0.416 e. The zero-order valence-corrected chi connectivity index (χ0v) is 17.0. The Hall–Kier alpha value is -2.16. The standard InChI is InChI=1S/C23H26OSi/c1-16(2)24-25-22-15-9-14-21(19-12-7-5-10-17(19)3)23(22)20-13-8-6-11-18(20)4/h5-16H,25H2,1-4H3. The summed E-state index contributed by atoms with van der Waals surface area (Å²) in [6.07, 6.45) is 0.276. The van der Waals surface area contributed by atoms with Gasteiger partial charge in [-0.3, -0.25) is 0 Å². The molecule has 0 aliphatic rings. The van der Waals surface area contributed by atoms with E-state index in [0.717, 1.165) is 0 Å². The van der Waals surface area contributed by atoms with Crippen LogP contribution >= 0.6 is 0 Å². The Balaban J connectivity index is 2.24. The van der Waals surface area contributed by atoms with Crippen molar-refractivity contribution in [2.45, 2.75) is 33.8 Å². The van der Waals surface area contributed by atoms with E-state index in [1.807, 2.05) is 0 Å². The topological polar surface area (TPSA) is 9.23 Å². The van der Waals surface area contributed by atoms with Crippen LogP contribution in [0.3, 0.4) is 0 Å². The molecule has 0 saturated carbocycles. The molecule has 3 aromatic rings. The molecule has 0 aromatic heterocycles. The predicted molar refractivity (Wildman–Crippen MR) is 111 cm³/mol. The first-order valence-corrected chi connectivity index (χ1v) is 10.2. The molecule has 0 radical (unpaired) electrons. The number of benzene rings is 3. The molecule has 0 atom stereocenters. The van der Waals surface area contributed by atoms with Gasteiger partial charge >= 0.3 is 0 Å². The van der Waals surface area contributed by atoms with Crippen LogP contribution in [0.4, 0.5) is 0 Å². The van der Waals surface area contributed by atoms with Gasteiger partial charge in [0.2, 0.25) is 0 Å². The van der Waals surface area contributed by atoms with Gasteiger partial charge in [-0.15, -0.1) is 0 Å². The molecule has 128 valence electrons. The predicted octanol–water partition coefficient (Wildman–Crippen LogP) is 4.77. The summed E-state index contributed by atoms with van der Waals surface area (Å²) in [7, 11) is -0.786. The van der Waals surface area contributed by atoms with Crippen LogP contribution < -0.4 is 5.19 Å². The summed E-state index contributed by atoms with van der Waals surface area (Å²) < 4.78 is 6.09. The monoisotopic (exact) mass is 346 g/mol. The van der Waals surface area contributed by atoms with E-state index in [2.05, 4.69) is 94.4 Å². The maximum atomic E-state index is 6.09. The van der Waals surface area contributed by atoms with Gasteiger partial charge in [-0.1, -0.05) is 66.7 Å². The highest BCUT2D eigenvalue weighted by atomic mass is 28.2. The van der Waals surface area contributed by atoms with Gasteiger partial charge in [-0.05, 0) is 66.3 Å². The van der Waals surface area contributed by atoms with Crippen molar-refractivity contribution < 1.29 is 4.43 Å². The maximum absolute atomic E-state index is 6.09. The van der Waals surface area contributed by atoms with Crippen molar-refractivity contribution in [1.82, 2.24) is 0 Å². The van der Waals surface area contributed by atoms with Crippen molar-refractivity contribution in [1.29, 1.82) is 0 Å². The summed E-state index contributed by atoms with van der Waals surface area (Å²) in [5, 5.41) is 1.38. The van der Waals surface area contributed by atoms with Gasteiger partial charge in [0.05, 0.1) is 0 Å². The fourth-order valence-corrected chi connectivity index (χ4v) is 4.52. The smallest absolute Gasteiger partial charge is 0.193 e. The Bertz CT molecular complexity index is 867. The van der Waals surface area contributed by atoms with Crippen molar-refractivity contribution in [3.63, 3.8) is 0 Å². The largest absolute Gasteiger partial charge is 0.416 e. The quantitative estimate of drug-likeness (QED) is 0.605. The van der Waals surface area contributed by atoms with Gasteiger partial charge in [0, 0.05) is 6.10 Å². The lowest BCUT2D eigenvalue weighted by atomic mass is 9.90. The van der Waals surface area contributed by atoms with Crippen LogP contribution in [-0.4, -0.2) is 15.9 Å². The first kappa shape index (κ1) is 17.7. The van der Waals surface area contributed by atoms with Crippen LogP contribution in [-0.2, 0) is 4.43 Å². The molecule has 25 heavy (non-hydrogen) atoms. The van der Waals surface area contributed by atoms with Crippen molar-refractivity contribution in [2.75, 3.05) is 0 Å². The molecule has 2 heteroatoms. The lowest BCUT2D eigenvalue weighted by Crippen LogP contribution is -2.23. The summed E-state index contributed by atoms with van der Waals surface area (Å²) in [6, 6.07) is 24.0. The highest BCUT2D eigenvalue weighted by molar-refractivity contribution is 6.50. The Morgan fingerprint density at radius 1 is 0.680 bits per heavy atom. The molecule has 0 aliphatic carbocycles. The van der Waals surface area contributed by atoms with E-state index in [0.29, 0.717) is 0 Å². The first-order chi connectivity index (χ1) is 12.1. The highest BCUT2D eigenvalue weighted by Crippen LogP contribution is 2.34. The molecule has 0 unspecified atom stereocenters. The third-order valence-corrected chi connectivity index (χ3v) is 6.31. The lowest BCUT2D eigenvalue weighted by molar-refractivity contribution is 0.260. The fourth-order valence-electron chi connectivity index (χ4n) is 3.25. The number of hydrogen-bond acceptors (Lipinski definition) is 1. The minimum atomic E-state index is -0.786. The van der Waals surface area contributed by atoms with Crippen molar-refractivity contribution in [3.8, 4) is 22.3 Å². The second-order valence-corrected chi connectivity index (χ2v) is 8.21. The molecule has 0 N–H and O–H groups in total.